The molecule has 1 N–H and O–H groups in total. The lowest BCUT2D eigenvalue weighted by Crippen LogP contribution is -2.46. The molecule has 1 aromatic heterocycles. The van der Waals surface area contributed by atoms with Gasteiger partial charge in [-0.3, -0.25) is 4.90 Å². The van der Waals surface area contributed by atoms with Crippen LogP contribution < -0.4 is 5.32 Å². The van der Waals surface area contributed by atoms with E-state index >= 15 is 0 Å². The van der Waals surface area contributed by atoms with Gasteiger partial charge in [-0.05, 0) is 38.3 Å². The van der Waals surface area contributed by atoms with Crippen molar-refractivity contribution in [3.8, 4) is 0 Å². The van der Waals surface area contributed by atoms with Crippen molar-refractivity contribution in [3.63, 3.8) is 0 Å². The first kappa shape index (κ1) is 15.1. The highest BCUT2D eigenvalue weighted by Gasteiger charge is 2.26. The van der Waals surface area contributed by atoms with Gasteiger partial charge in [-0.25, -0.2) is 0 Å². The van der Waals surface area contributed by atoms with Crippen LogP contribution in [0.15, 0.2) is 10.5 Å². The number of rotatable bonds is 7. The molecule has 4 heteroatoms. The summed E-state index contributed by atoms with van der Waals surface area (Å²) in [6, 6.07) is 2.23. The lowest BCUT2D eigenvalue weighted by Gasteiger charge is -2.34. The molecule has 1 saturated carbocycles. The van der Waals surface area contributed by atoms with Crippen LogP contribution in [0.3, 0.4) is 0 Å². The molecule has 4 nitrogen and oxygen atoms in total. The average molecular weight is 291 g/mol. The zero-order valence-corrected chi connectivity index (χ0v) is 13.5. The van der Waals surface area contributed by atoms with Crippen LogP contribution in [0.4, 0.5) is 0 Å². The Balaban J connectivity index is 1.46. The highest BCUT2D eigenvalue weighted by atomic mass is 16.3. The van der Waals surface area contributed by atoms with Crippen molar-refractivity contribution < 1.29 is 4.42 Å². The molecule has 2 heterocycles. The highest BCUT2D eigenvalue weighted by Crippen LogP contribution is 2.30. The Morgan fingerprint density at radius 1 is 1.19 bits per heavy atom. The number of hydrogen-bond donors (Lipinski definition) is 1. The van der Waals surface area contributed by atoms with Crippen LogP contribution in [0.2, 0.25) is 0 Å². The standard InChI is InChI=1S/C17H29N3O/c1-3-18-11-16-10-17(21-14(16)2)13-20-8-6-19(7-9-20)12-15-4-5-15/h10,15,18H,3-9,11-13H2,1-2H3. The van der Waals surface area contributed by atoms with E-state index in [4.69, 9.17) is 4.42 Å². The van der Waals surface area contributed by atoms with Gasteiger partial charge in [0.1, 0.15) is 11.5 Å². The monoisotopic (exact) mass is 291 g/mol. The van der Waals surface area contributed by atoms with Crippen molar-refractivity contribution in [2.75, 3.05) is 39.3 Å². The van der Waals surface area contributed by atoms with Crippen LogP contribution >= 0.6 is 0 Å². The molecule has 1 aromatic rings. The third-order valence-corrected chi connectivity index (χ3v) is 4.69. The SMILES string of the molecule is CCNCc1cc(CN2CCN(CC3CC3)CC2)oc1C. The first-order valence-electron chi connectivity index (χ1n) is 8.48. The van der Waals surface area contributed by atoms with Gasteiger partial charge < -0.3 is 14.6 Å². The molecule has 2 aliphatic rings. The fourth-order valence-electron chi connectivity index (χ4n) is 3.12. The summed E-state index contributed by atoms with van der Waals surface area (Å²) in [7, 11) is 0. The molecular formula is C17H29N3O. The number of furan rings is 1. The third-order valence-electron chi connectivity index (χ3n) is 4.69. The Labute approximate surface area is 128 Å². The van der Waals surface area contributed by atoms with E-state index in [1.54, 1.807) is 0 Å². The number of nitrogens with one attached hydrogen (secondary N) is 1. The first-order valence-corrected chi connectivity index (χ1v) is 8.48. The predicted octanol–water partition coefficient (Wildman–Crippen LogP) is 2.23. The van der Waals surface area contributed by atoms with Crippen molar-refractivity contribution in [2.45, 2.75) is 39.8 Å². The minimum absolute atomic E-state index is 0.918. The van der Waals surface area contributed by atoms with Crippen LogP contribution in [0.25, 0.3) is 0 Å². The molecule has 1 saturated heterocycles. The normalized spacial score (nSPS) is 21.0. The van der Waals surface area contributed by atoms with Gasteiger partial charge in [0.2, 0.25) is 0 Å². The van der Waals surface area contributed by atoms with Crippen LogP contribution in [0.1, 0.15) is 36.8 Å². The van der Waals surface area contributed by atoms with Crippen molar-refractivity contribution in [1.82, 2.24) is 15.1 Å². The van der Waals surface area contributed by atoms with E-state index in [-0.39, 0.29) is 0 Å². The third kappa shape index (κ3) is 4.31. The van der Waals surface area contributed by atoms with Gasteiger partial charge in [0, 0.05) is 44.8 Å². The minimum Gasteiger partial charge on any atom is -0.465 e. The molecule has 0 unspecified atom stereocenters. The second-order valence-electron chi connectivity index (χ2n) is 6.59. The zero-order valence-electron chi connectivity index (χ0n) is 13.5. The van der Waals surface area contributed by atoms with E-state index in [0.717, 1.165) is 37.1 Å². The second-order valence-corrected chi connectivity index (χ2v) is 6.59. The van der Waals surface area contributed by atoms with E-state index in [1.165, 1.54) is 51.1 Å². The number of aryl methyl sites for hydroxylation is 1. The van der Waals surface area contributed by atoms with Crippen LogP contribution in [-0.2, 0) is 13.1 Å². The van der Waals surface area contributed by atoms with E-state index in [1.807, 2.05) is 0 Å². The second kappa shape index (κ2) is 6.95. The molecule has 0 radical (unpaired) electrons. The van der Waals surface area contributed by atoms with Crippen LogP contribution in [-0.4, -0.2) is 49.1 Å². The fraction of sp³-hybridized carbons (Fsp3) is 0.765. The van der Waals surface area contributed by atoms with Crippen LogP contribution in [0, 0.1) is 12.8 Å². The fourth-order valence-corrected chi connectivity index (χ4v) is 3.12. The Hall–Kier alpha value is -0.840. The number of nitrogens with zero attached hydrogens (tertiary/aromatic N) is 2. The zero-order chi connectivity index (χ0) is 14.7. The van der Waals surface area contributed by atoms with Gasteiger partial charge >= 0.3 is 0 Å². The Morgan fingerprint density at radius 2 is 1.90 bits per heavy atom. The van der Waals surface area contributed by atoms with E-state index < -0.39 is 0 Å². The summed E-state index contributed by atoms with van der Waals surface area (Å²) in [4.78, 5) is 5.16. The van der Waals surface area contributed by atoms with Crippen molar-refractivity contribution >= 4 is 0 Å². The summed E-state index contributed by atoms with van der Waals surface area (Å²) in [6.07, 6.45) is 2.92. The molecule has 1 aliphatic heterocycles. The smallest absolute Gasteiger partial charge is 0.118 e. The number of hydrogen-bond acceptors (Lipinski definition) is 4. The summed E-state index contributed by atoms with van der Waals surface area (Å²) in [5.41, 5.74) is 1.30. The molecule has 21 heavy (non-hydrogen) atoms. The minimum atomic E-state index is 0.918. The molecule has 0 spiro atoms. The lowest BCUT2D eigenvalue weighted by atomic mass is 10.2. The van der Waals surface area contributed by atoms with E-state index in [2.05, 4.69) is 35.0 Å². The van der Waals surface area contributed by atoms with Crippen molar-refractivity contribution in [1.29, 1.82) is 0 Å². The summed E-state index contributed by atoms with van der Waals surface area (Å²) >= 11 is 0. The number of piperazine rings is 1. The Bertz CT molecular complexity index is 445. The summed E-state index contributed by atoms with van der Waals surface area (Å²) in [5, 5.41) is 3.37. The first-order chi connectivity index (χ1) is 10.2. The Kier molecular flexibility index (Phi) is 4.99. The molecule has 0 amide bonds. The molecule has 3 rings (SSSR count). The molecule has 2 fully saturated rings. The van der Waals surface area contributed by atoms with Crippen LogP contribution in [0.5, 0.6) is 0 Å². The summed E-state index contributed by atoms with van der Waals surface area (Å²) in [5.74, 6) is 3.20. The van der Waals surface area contributed by atoms with Gasteiger partial charge in [-0.2, -0.15) is 0 Å². The molecule has 0 atom stereocenters. The summed E-state index contributed by atoms with van der Waals surface area (Å²) < 4.78 is 5.92. The predicted molar refractivity (Wildman–Crippen MR) is 85.3 cm³/mol. The maximum absolute atomic E-state index is 5.92. The molecule has 118 valence electrons. The largest absolute Gasteiger partial charge is 0.465 e. The topological polar surface area (TPSA) is 31.6 Å². The molecular weight excluding hydrogens is 262 g/mol. The van der Waals surface area contributed by atoms with Gasteiger partial charge in [0.15, 0.2) is 0 Å². The van der Waals surface area contributed by atoms with Gasteiger partial charge in [-0.15, -0.1) is 0 Å². The Morgan fingerprint density at radius 3 is 2.57 bits per heavy atom. The van der Waals surface area contributed by atoms with E-state index in [9.17, 15) is 0 Å². The van der Waals surface area contributed by atoms with Gasteiger partial charge in [0.25, 0.3) is 0 Å². The maximum Gasteiger partial charge on any atom is 0.118 e. The van der Waals surface area contributed by atoms with E-state index in [0.29, 0.717) is 0 Å². The molecule has 0 aromatic carbocycles. The maximum atomic E-state index is 5.92. The molecule has 1 aliphatic carbocycles. The quantitative estimate of drug-likeness (QED) is 0.835. The average Bonchev–Trinajstić information content (AvgIpc) is 3.22. The van der Waals surface area contributed by atoms with Gasteiger partial charge in [-0.1, -0.05) is 6.92 Å². The van der Waals surface area contributed by atoms with Crippen molar-refractivity contribution in [2.24, 2.45) is 5.92 Å². The lowest BCUT2D eigenvalue weighted by molar-refractivity contribution is 0.117. The highest BCUT2D eigenvalue weighted by molar-refractivity contribution is 5.20. The summed E-state index contributed by atoms with van der Waals surface area (Å²) in [6.45, 7) is 13.2. The van der Waals surface area contributed by atoms with Gasteiger partial charge in [0.05, 0.1) is 6.54 Å². The molecule has 0 bridgehead atoms. The van der Waals surface area contributed by atoms with Crippen molar-refractivity contribution in [3.05, 3.63) is 23.2 Å².